The largest absolute Gasteiger partial charge is 0.489 e. The van der Waals surface area contributed by atoms with Gasteiger partial charge in [0.1, 0.15) is 5.75 Å². The van der Waals surface area contributed by atoms with Crippen molar-refractivity contribution in [3.63, 3.8) is 0 Å². The lowest BCUT2D eigenvalue weighted by molar-refractivity contribution is 0.214. The molecule has 0 spiro atoms. The van der Waals surface area contributed by atoms with Crippen molar-refractivity contribution < 1.29 is 4.74 Å². The van der Waals surface area contributed by atoms with Gasteiger partial charge in [0.05, 0.1) is 11.8 Å². The van der Waals surface area contributed by atoms with E-state index >= 15 is 0 Å². The molecule has 0 aliphatic carbocycles. The van der Waals surface area contributed by atoms with E-state index in [4.69, 9.17) is 4.74 Å². The minimum absolute atomic E-state index is 0.241. The SMILES string of the molecule is CCC(C)Oc1ccc(C)nc1CNC. The number of hydrogen-bond acceptors (Lipinski definition) is 3. The van der Waals surface area contributed by atoms with Crippen LogP contribution in [0.3, 0.4) is 0 Å². The van der Waals surface area contributed by atoms with E-state index in [0.717, 1.165) is 30.1 Å². The standard InChI is InChI=1S/C12H20N2O/c1-5-10(3)15-12-7-6-9(2)14-11(12)8-13-4/h6-7,10,13H,5,8H2,1-4H3. The van der Waals surface area contributed by atoms with Crippen molar-refractivity contribution >= 4 is 0 Å². The summed E-state index contributed by atoms with van der Waals surface area (Å²) < 4.78 is 5.80. The molecule has 1 atom stereocenters. The van der Waals surface area contributed by atoms with Crippen LogP contribution in [-0.2, 0) is 6.54 Å². The van der Waals surface area contributed by atoms with Gasteiger partial charge in [-0.15, -0.1) is 0 Å². The van der Waals surface area contributed by atoms with Gasteiger partial charge in [0.2, 0.25) is 0 Å². The fourth-order valence-corrected chi connectivity index (χ4v) is 1.30. The predicted molar refractivity (Wildman–Crippen MR) is 62.1 cm³/mol. The van der Waals surface area contributed by atoms with Crippen LogP contribution in [0.5, 0.6) is 5.75 Å². The molecule has 0 aliphatic heterocycles. The van der Waals surface area contributed by atoms with E-state index in [1.165, 1.54) is 0 Å². The second-order valence-corrected chi connectivity index (χ2v) is 3.76. The number of nitrogens with zero attached hydrogens (tertiary/aromatic N) is 1. The van der Waals surface area contributed by atoms with Crippen LogP contribution in [0, 0.1) is 6.92 Å². The second kappa shape index (κ2) is 5.71. The number of rotatable bonds is 5. The third-order valence-corrected chi connectivity index (χ3v) is 2.32. The van der Waals surface area contributed by atoms with Gasteiger partial charge < -0.3 is 10.1 Å². The molecule has 1 heterocycles. The summed E-state index contributed by atoms with van der Waals surface area (Å²) in [5.41, 5.74) is 2.01. The highest BCUT2D eigenvalue weighted by Crippen LogP contribution is 2.18. The molecule has 0 saturated heterocycles. The average Bonchev–Trinajstić information content (AvgIpc) is 2.22. The molecular formula is C12H20N2O. The summed E-state index contributed by atoms with van der Waals surface area (Å²) in [6.45, 7) is 6.92. The number of nitrogens with one attached hydrogen (secondary N) is 1. The zero-order valence-corrected chi connectivity index (χ0v) is 10.0. The topological polar surface area (TPSA) is 34.1 Å². The zero-order chi connectivity index (χ0) is 11.3. The maximum absolute atomic E-state index is 5.80. The van der Waals surface area contributed by atoms with Crippen molar-refractivity contribution in [2.45, 2.75) is 39.8 Å². The molecule has 84 valence electrons. The summed E-state index contributed by atoms with van der Waals surface area (Å²) in [6, 6.07) is 3.98. The van der Waals surface area contributed by atoms with E-state index in [-0.39, 0.29) is 6.10 Å². The van der Waals surface area contributed by atoms with Gasteiger partial charge >= 0.3 is 0 Å². The fourth-order valence-electron chi connectivity index (χ4n) is 1.30. The molecule has 1 N–H and O–H groups in total. The van der Waals surface area contributed by atoms with Crippen molar-refractivity contribution in [3.05, 3.63) is 23.5 Å². The predicted octanol–water partition coefficient (Wildman–Crippen LogP) is 2.29. The minimum Gasteiger partial charge on any atom is -0.489 e. The second-order valence-electron chi connectivity index (χ2n) is 3.76. The molecule has 15 heavy (non-hydrogen) atoms. The van der Waals surface area contributed by atoms with Crippen LogP contribution in [0.1, 0.15) is 31.7 Å². The van der Waals surface area contributed by atoms with E-state index in [9.17, 15) is 0 Å². The summed E-state index contributed by atoms with van der Waals surface area (Å²) in [4.78, 5) is 4.46. The van der Waals surface area contributed by atoms with E-state index in [2.05, 4.69) is 24.1 Å². The Balaban J connectivity index is 2.85. The minimum atomic E-state index is 0.241. The van der Waals surface area contributed by atoms with Gasteiger partial charge in [-0.1, -0.05) is 6.92 Å². The molecule has 0 radical (unpaired) electrons. The summed E-state index contributed by atoms with van der Waals surface area (Å²) in [5, 5.41) is 3.10. The Hall–Kier alpha value is -1.09. The molecule has 1 aromatic rings. The van der Waals surface area contributed by atoms with E-state index in [0.29, 0.717) is 0 Å². The Morgan fingerprint density at radius 3 is 2.80 bits per heavy atom. The van der Waals surface area contributed by atoms with Gasteiger partial charge in [-0.3, -0.25) is 4.98 Å². The maximum Gasteiger partial charge on any atom is 0.142 e. The third kappa shape index (κ3) is 3.51. The van der Waals surface area contributed by atoms with Gasteiger partial charge in [0.15, 0.2) is 0 Å². The third-order valence-electron chi connectivity index (χ3n) is 2.32. The zero-order valence-electron chi connectivity index (χ0n) is 10.0. The van der Waals surface area contributed by atoms with E-state index < -0.39 is 0 Å². The number of aromatic nitrogens is 1. The Morgan fingerprint density at radius 1 is 1.47 bits per heavy atom. The molecule has 3 nitrogen and oxygen atoms in total. The lowest BCUT2D eigenvalue weighted by atomic mass is 10.2. The van der Waals surface area contributed by atoms with Gasteiger partial charge in [0, 0.05) is 12.2 Å². The average molecular weight is 208 g/mol. The molecule has 0 bridgehead atoms. The molecule has 3 heteroatoms. The summed E-state index contributed by atoms with van der Waals surface area (Å²) in [5.74, 6) is 0.893. The highest BCUT2D eigenvalue weighted by atomic mass is 16.5. The van der Waals surface area contributed by atoms with Crippen LogP contribution < -0.4 is 10.1 Å². The molecule has 1 rings (SSSR count). The van der Waals surface area contributed by atoms with Crippen LogP contribution in [0.4, 0.5) is 0 Å². The van der Waals surface area contributed by atoms with Crippen LogP contribution in [0.15, 0.2) is 12.1 Å². The van der Waals surface area contributed by atoms with Crippen molar-refractivity contribution in [1.82, 2.24) is 10.3 Å². The van der Waals surface area contributed by atoms with E-state index in [1.54, 1.807) is 0 Å². The molecule has 0 saturated carbocycles. The normalized spacial score (nSPS) is 12.5. The smallest absolute Gasteiger partial charge is 0.142 e. The number of pyridine rings is 1. The van der Waals surface area contributed by atoms with Crippen molar-refractivity contribution in [3.8, 4) is 5.75 Å². The monoisotopic (exact) mass is 208 g/mol. The van der Waals surface area contributed by atoms with Crippen LogP contribution in [0.25, 0.3) is 0 Å². The first kappa shape index (κ1) is 12.0. The molecule has 0 aromatic carbocycles. The Bertz CT molecular complexity index is 312. The van der Waals surface area contributed by atoms with Crippen molar-refractivity contribution in [1.29, 1.82) is 0 Å². The Labute approximate surface area is 91.9 Å². The molecule has 0 fully saturated rings. The van der Waals surface area contributed by atoms with Crippen LogP contribution in [-0.4, -0.2) is 18.1 Å². The van der Waals surface area contributed by atoms with Gasteiger partial charge in [-0.25, -0.2) is 0 Å². The Kier molecular flexibility index (Phi) is 4.56. The lowest BCUT2D eigenvalue weighted by Crippen LogP contribution is -2.15. The van der Waals surface area contributed by atoms with Gasteiger partial charge in [-0.05, 0) is 39.4 Å². The quantitative estimate of drug-likeness (QED) is 0.806. The highest BCUT2D eigenvalue weighted by Gasteiger charge is 2.07. The first-order valence-electron chi connectivity index (χ1n) is 5.45. The first-order valence-corrected chi connectivity index (χ1v) is 5.45. The van der Waals surface area contributed by atoms with Crippen LogP contribution in [0.2, 0.25) is 0 Å². The van der Waals surface area contributed by atoms with Gasteiger partial charge in [-0.2, -0.15) is 0 Å². The molecule has 1 unspecified atom stereocenters. The number of hydrogen-bond donors (Lipinski definition) is 1. The summed E-state index contributed by atoms with van der Waals surface area (Å²) in [7, 11) is 1.91. The highest BCUT2D eigenvalue weighted by molar-refractivity contribution is 5.29. The van der Waals surface area contributed by atoms with Crippen molar-refractivity contribution in [2.24, 2.45) is 0 Å². The molecule has 0 amide bonds. The van der Waals surface area contributed by atoms with E-state index in [1.807, 2.05) is 26.1 Å². The van der Waals surface area contributed by atoms with Crippen LogP contribution >= 0.6 is 0 Å². The first-order chi connectivity index (χ1) is 7.17. The summed E-state index contributed by atoms with van der Waals surface area (Å²) in [6.07, 6.45) is 1.25. The maximum atomic E-state index is 5.80. The molecular weight excluding hydrogens is 188 g/mol. The lowest BCUT2D eigenvalue weighted by Gasteiger charge is -2.15. The summed E-state index contributed by atoms with van der Waals surface area (Å²) >= 11 is 0. The Morgan fingerprint density at radius 2 is 2.20 bits per heavy atom. The molecule has 0 aliphatic rings. The van der Waals surface area contributed by atoms with Gasteiger partial charge in [0.25, 0.3) is 0 Å². The fraction of sp³-hybridized carbons (Fsp3) is 0.583. The van der Waals surface area contributed by atoms with Crippen molar-refractivity contribution in [2.75, 3.05) is 7.05 Å². The number of ether oxygens (including phenoxy) is 1. The molecule has 1 aromatic heterocycles. The number of aryl methyl sites for hydroxylation is 1.